The molecular weight excluding hydrogens is 306 g/mol. The van der Waals surface area contributed by atoms with E-state index in [4.69, 9.17) is 4.74 Å². The lowest BCUT2D eigenvalue weighted by molar-refractivity contribution is -0.129. The second kappa shape index (κ2) is 8.63. The Morgan fingerprint density at radius 1 is 1.13 bits per heavy atom. The summed E-state index contributed by atoms with van der Waals surface area (Å²) in [5.74, 6) is 1.76. The number of hydrogen-bond donors (Lipinski definition) is 0. The first-order valence-corrected chi connectivity index (χ1v) is 8.64. The smallest absolute Gasteiger partial charge is 0.223 e. The second-order valence-corrected chi connectivity index (χ2v) is 6.64. The van der Waals surface area contributed by atoms with Crippen LogP contribution in [0.25, 0.3) is 0 Å². The average molecular weight is 329 g/mol. The van der Waals surface area contributed by atoms with Gasteiger partial charge >= 0.3 is 0 Å². The molecule has 0 aromatic heterocycles. The molecule has 0 saturated carbocycles. The highest BCUT2D eigenvalue weighted by Gasteiger charge is 2.11. The SMILES string of the molecule is COc1ccccc1CN(C)C(=O)CCSc1ccc(C)cc1. The Bertz CT molecular complexity index is 640. The molecule has 0 N–H and O–H groups in total. The third kappa shape index (κ3) is 5.32. The summed E-state index contributed by atoms with van der Waals surface area (Å²) in [6.45, 7) is 2.64. The molecule has 0 bridgehead atoms. The van der Waals surface area contributed by atoms with Crippen LogP contribution in [0.1, 0.15) is 17.5 Å². The number of carbonyl (C=O) groups excluding carboxylic acids is 1. The standard InChI is InChI=1S/C19H23NO2S/c1-15-8-10-17(11-9-15)23-13-12-19(21)20(2)14-16-6-4-5-7-18(16)22-3/h4-11H,12-14H2,1-3H3. The van der Waals surface area contributed by atoms with E-state index in [9.17, 15) is 4.79 Å². The molecule has 0 saturated heterocycles. The van der Waals surface area contributed by atoms with Crippen molar-refractivity contribution in [2.24, 2.45) is 0 Å². The molecule has 2 aromatic rings. The third-order valence-electron chi connectivity index (χ3n) is 3.63. The number of rotatable bonds is 7. The maximum Gasteiger partial charge on any atom is 0.223 e. The van der Waals surface area contributed by atoms with Gasteiger partial charge in [-0.15, -0.1) is 11.8 Å². The minimum Gasteiger partial charge on any atom is -0.496 e. The lowest BCUT2D eigenvalue weighted by Gasteiger charge is -2.18. The minimum absolute atomic E-state index is 0.149. The van der Waals surface area contributed by atoms with Crippen molar-refractivity contribution in [2.45, 2.75) is 24.8 Å². The number of para-hydroxylation sites is 1. The zero-order valence-electron chi connectivity index (χ0n) is 13.9. The van der Waals surface area contributed by atoms with Gasteiger partial charge in [0.25, 0.3) is 0 Å². The van der Waals surface area contributed by atoms with E-state index in [0.717, 1.165) is 17.1 Å². The molecule has 1 amide bonds. The van der Waals surface area contributed by atoms with Crippen molar-refractivity contribution in [3.63, 3.8) is 0 Å². The molecule has 0 atom stereocenters. The summed E-state index contributed by atoms with van der Waals surface area (Å²) in [6, 6.07) is 16.2. The van der Waals surface area contributed by atoms with Crippen molar-refractivity contribution in [1.82, 2.24) is 4.90 Å². The van der Waals surface area contributed by atoms with E-state index in [0.29, 0.717) is 13.0 Å². The van der Waals surface area contributed by atoms with Gasteiger partial charge in [-0.05, 0) is 25.1 Å². The topological polar surface area (TPSA) is 29.5 Å². The summed E-state index contributed by atoms with van der Waals surface area (Å²) in [6.07, 6.45) is 0.532. The summed E-state index contributed by atoms with van der Waals surface area (Å²) >= 11 is 1.72. The van der Waals surface area contributed by atoms with Gasteiger partial charge in [-0.3, -0.25) is 4.79 Å². The van der Waals surface area contributed by atoms with Crippen LogP contribution in [-0.4, -0.2) is 30.7 Å². The van der Waals surface area contributed by atoms with Gasteiger partial charge in [0.15, 0.2) is 0 Å². The van der Waals surface area contributed by atoms with Crippen LogP contribution < -0.4 is 4.74 Å². The zero-order chi connectivity index (χ0) is 16.7. The fraction of sp³-hybridized carbons (Fsp3) is 0.316. The average Bonchev–Trinajstić information content (AvgIpc) is 2.57. The lowest BCUT2D eigenvalue weighted by atomic mass is 10.2. The molecule has 122 valence electrons. The third-order valence-corrected chi connectivity index (χ3v) is 4.65. The maximum absolute atomic E-state index is 12.3. The molecule has 0 spiro atoms. The molecule has 4 heteroatoms. The van der Waals surface area contributed by atoms with Crippen molar-refractivity contribution >= 4 is 17.7 Å². The van der Waals surface area contributed by atoms with E-state index >= 15 is 0 Å². The van der Waals surface area contributed by atoms with Gasteiger partial charge in [0.05, 0.1) is 7.11 Å². The van der Waals surface area contributed by atoms with E-state index < -0.39 is 0 Å². The van der Waals surface area contributed by atoms with Gasteiger partial charge in [0.2, 0.25) is 5.91 Å². The molecule has 0 aliphatic rings. The molecule has 0 aliphatic heterocycles. The molecule has 0 radical (unpaired) electrons. The first-order chi connectivity index (χ1) is 11.1. The van der Waals surface area contributed by atoms with Gasteiger partial charge in [-0.2, -0.15) is 0 Å². The number of ether oxygens (including phenoxy) is 1. The molecule has 3 nitrogen and oxygen atoms in total. The Morgan fingerprint density at radius 2 is 1.83 bits per heavy atom. The molecule has 0 aliphatic carbocycles. The van der Waals surface area contributed by atoms with Crippen LogP contribution >= 0.6 is 11.8 Å². The Morgan fingerprint density at radius 3 is 2.52 bits per heavy atom. The highest BCUT2D eigenvalue weighted by molar-refractivity contribution is 7.99. The molecule has 0 heterocycles. The van der Waals surface area contributed by atoms with E-state index in [1.165, 1.54) is 10.5 Å². The molecule has 2 rings (SSSR count). The van der Waals surface area contributed by atoms with E-state index in [-0.39, 0.29) is 5.91 Å². The van der Waals surface area contributed by atoms with E-state index in [1.807, 2.05) is 31.3 Å². The van der Waals surface area contributed by atoms with Gasteiger partial charge in [-0.1, -0.05) is 35.9 Å². The van der Waals surface area contributed by atoms with Crippen molar-refractivity contribution < 1.29 is 9.53 Å². The van der Waals surface area contributed by atoms with E-state index in [2.05, 4.69) is 31.2 Å². The number of nitrogens with zero attached hydrogens (tertiary/aromatic N) is 1. The second-order valence-electron chi connectivity index (χ2n) is 5.47. The first kappa shape index (κ1) is 17.4. The van der Waals surface area contributed by atoms with Gasteiger partial charge in [-0.25, -0.2) is 0 Å². The lowest BCUT2D eigenvalue weighted by Crippen LogP contribution is -2.26. The summed E-state index contributed by atoms with van der Waals surface area (Å²) in [5.41, 5.74) is 2.28. The predicted octanol–water partition coefficient (Wildman–Crippen LogP) is 4.14. The summed E-state index contributed by atoms with van der Waals surface area (Å²) in [4.78, 5) is 15.2. The van der Waals surface area contributed by atoms with Crippen LogP contribution in [0.15, 0.2) is 53.4 Å². The monoisotopic (exact) mass is 329 g/mol. The van der Waals surface area contributed by atoms with Crippen LogP contribution in [0, 0.1) is 6.92 Å². The van der Waals surface area contributed by atoms with Crippen molar-refractivity contribution in [3.05, 3.63) is 59.7 Å². The Hall–Kier alpha value is -1.94. The van der Waals surface area contributed by atoms with E-state index in [1.54, 1.807) is 23.8 Å². The molecule has 0 unspecified atom stereocenters. The number of benzene rings is 2. The number of thioether (sulfide) groups is 1. The first-order valence-electron chi connectivity index (χ1n) is 7.65. The largest absolute Gasteiger partial charge is 0.496 e. The van der Waals surface area contributed by atoms with Crippen LogP contribution in [0.5, 0.6) is 5.75 Å². The quantitative estimate of drug-likeness (QED) is 0.715. The normalized spacial score (nSPS) is 10.4. The molecular formula is C19H23NO2S. The van der Waals surface area contributed by atoms with Crippen molar-refractivity contribution in [2.75, 3.05) is 19.9 Å². The Kier molecular flexibility index (Phi) is 6.53. The number of hydrogen-bond acceptors (Lipinski definition) is 3. The fourth-order valence-corrected chi connectivity index (χ4v) is 3.10. The van der Waals surface area contributed by atoms with Crippen molar-refractivity contribution in [3.8, 4) is 5.75 Å². The van der Waals surface area contributed by atoms with Gasteiger partial charge in [0, 0.05) is 36.2 Å². The minimum atomic E-state index is 0.149. The number of amides is 1. The van der Waals surface area contributed by atoms with Crippen LogP contribution in [-0.2, 0) is 11.3 Å². The van der Waals surface area contributed by atoms with Gasteiger partial charge < -0.3 is 9.64 Å². The Labute approximate surface area is 142 Å². The highest BCUT2D eigenvalue weighted by Crippen LogP contribution is 2.21. The predicted molar refractivity (Wildman–Crippen MR) is 96.0 cm³/mol. The van der Waals surface area contributed by atoms with Crippen molar-refractivity contribution in [1.29, 1.82) is 0 Å². The zero-order valence-corrected chi connectivity index (χ0v) is 14.7. The molecule has 0 fully saturated rings. The van der Waals surface area contributed by atoms with Gasteiger partial charge in [0.1, 0.15) is 5.75 Å². The Balaban J connectivity index is 1.81. The van der Waals surface area contributed by atoms with Crippen LogP contribution in [0.2, 0.25) is 0 Å². The molecule has 23 heavy (non-hydrogen) atoms. The summed E-state index contributed by atoms with van der Waals surface area (Å²) < 4.78 is 5.33. The van der Waals surface area contributed by atoms with Crippen LogP contribution in [0.4, 0.5) is 0 Å². The summed E-state index contributed by atoms with van der Waals surface area (Å²) in [7, 11) is 3.49. The fourth-order valence-electron chi connectivity index (χ4n) is 2.26. The van der Waals surface area contributed by atoms with Crippen LogP contribution in [0.3, 0.4) is 0 Å². The maximum atomic E-state index is 12.3. The molecule has 2 aromatic carbocycles. The highest BCUT2D eigenvalue weighted by atomic mass is 32.2. The summed E-state index contributed by atoms with van der Waals surface area (Å²) in [5, 5.41) is 0. The number of carbonyl (C=O) groups is 1. The number of methoxy groups -OCH3 is 1. The number of aryl methyl sites for hydroxylation is 1.